The minimum absolute atomic E-state index is 0.0911. The molecule has 1 aliphatic carbocycles. The van der Waals surface area contributed by atoms with Gasteiger partial charge in [-0.05, 0) is 48.1 Å². The summed E-state index contributed by atoms with van der Waals surface area (Å²) in [5.74, 6) is 0.287. The van der Waals surface area contributed by atoms with Crippen LogP contribution in [0.5, 0.6) is 0 Å². The molecular weight excluding hydrogens is 357 g/mol. The molecule has 0 bridgehead atoms. The van der Waals surface area contributed by atoms with Crippen molar-refractivity contribution in [2.24, 2.45) is 18.0 Å². The first-order valence-corrected chi connectivity index (χ1v) is 8.72. The number of aryl methyl sites for hydroxylation is 1. The Kier molecular flexibility index (Phi) is 4.05. The van der Waals surface area contributed by atoms with Crippen molar-refractivity contribution in [2.75, 3.05) is 0 Å². The van der Waals surface area contributed by atoms with Crippen LogP contribution in [-0.2, 0) is 19.8 Å². The second-order valence-corrected chi connectivity index (χ2v) is 7.19. The minimum atomic E-state index is -4.53. The Morgan fingerprint density at radius 1 is 1.22 bits per heavy atom. The minimum Gasteiger partial charge on any atom is -0.317 e. The topological polar surface area (TPSA) is 51.4 Å². The highest BCUT2D eigenvalue weighted by Gasteiger charge is 2.33. The number of nitrogens with zero attached hydrogens (tertiary/aromatic N) is 2. The lowest BCUT2D eigenvalue weighted by Crippen LogP contribution is -2.21. The number of carbonyl (C=O) groups excluding carboxylic acids is 1. The van der Waals surface area contributed by atoms with E-state index in [1.807, 2.05) is 0 Å². The van der Waals surface area contributed by atoms with E-state index < -0.39 is 17.3 Å². The molecule has 0 N–H and O–H groups in total. The first-order valence-electron chi connectivity index (χ1n) is 8.72. The van der Waals surface area contributed by atoms with E-state index in [0.29, 0.717) is 29.0 Å². The van der Waals surface area contributed by atoms with Gasteiger partial charge in [0.25, 0.3) is 5.56 Å². The number of alkyl halides is 3. The molecule has 4 rings (SSSR count). The quantitative estimate of drug-likeness (QED) is 0.760. The average Bonchev–Trinajstić information content (AvgIpc) is 3.28. The van der Waals surface area contributed by atoms with Gasteiger partial charge in [-0.1, -0.05) is 0 Å². The van der Waals surface area contributed by atoms with Crippen molar-refractivity contribution < 1.29 is 18.0 Å². The van der Waals surface area contributed by atoms with E-state index in [1.165, 1.54) is 30.1 Å². The zero-order valence-corrected chi connectivity index (χ0v) is 14.6. The molecule has 2 heterocycles. The zero-order valence-electron chi connectivity index (χ0n) is 14.6. The summed E-state index contributed by atoms with van der Waals surface area (Å²) in [7, 11) is 1.50. The normalized spacial score (nSPS) is 15.9. The number of fused-ring (bicyclic) bond motifs is 1. The molecule has 1 aromatic carbocycles. The van der Waals surface area contributed by atoms with Gasteiger partial charge >= 0.3 is 6.18 Å². The Balaban J connectivity index is 1.89. The number of hydrogen-bond donors (Lipinski definition) is 0. The van der Waals surface area contributed by atoms with Gasteiger partial charge in [0, 0.05) is 42.6 Å². The number of Topliss-reactive ketones (excluding diaryl/α,β-unsaturated/α-hetero) is 1. The van der Waals surface area contributed by atoms with Gasteiger partial charge in [0.2, 0.25) is 0 Å². The molecule has 0 atom stereocenters. The summed E-state index contributed by atoms with van der Waals surface area (Å²) < 4.78 is 41.2. The maximum Gasteiger partial charge on any atom is 0.416 e. The SMILES string of the molecule is Cn1cc(C(=O)CC2CC2)cc(-c2cc(C(F)(F)F)cc3c2C=NC3)c1=O. The van der Waals surface area contributed by atoms with Gasteiger partial charge in [-0.3, -0.25) is 14.6 Å². The number of rotatable bonds is 4. The van der Waals surface area contributed by atoms with Crippen LogP contribution in [0.1, 0.15) is 46.3 Å². The highest BCUT2D eigenvalue weighted by molar-refractivity contribution is 5.99. The summed E-state index contributed by atoms with van der Waals surface area (Å²) in [6.45, 7) is 0.146. The first-order chi connectivity index (χ1) is 12.7. The largest absolute Gasteiger partial charge is 0.416 e. The smallest absolute Gasteiger partial charge is 0.317 e. The van der Waals surface area contributed by atoms with Crippen molar-refractivity contribution in [3.8, 4) is 11.1 Å². The number of ketones is 1. The van der Waals surface area contributed by atoms with Gasteiger partial charge in [0.05, 0.1) is 12.1 Å². The summed E-state index contributed by atoms with van der Waals surface area (Å²) in [6, 6.07) is 3.47. The van der Waals surface area contributed by atoms with Crippen molar-refractivity contribution in [2.45, 2.75) is 32.0 Å². The number of carbonyl (C=O) groups is 1. The highest BCUT2D eigenvalue weighted by Crippen LogP contribution is 2.37. The molecule has 0 spiro atoms. The van der Waals surface area contributed by atoms with Gasteiger partial charge in [-0.25, -0.2) is 0 Å². The molecule has 0 radical (unpaired) electrons. The zero-order chi connectivity index (χ0) is 19.3. The second-order valence-electron chi connectivity index (χ2n) is 7.19. The predicted molar refractivity (Wildman–Crippen MR) is 95.1 cm³/mol. The van der Waals surface area contributed by atoms with E-state index in [0.717, 1.165) is 25.0 Å². The van der Waals surface area contributed by atoms with Crippen LogP contribution in [0.15, 0.2) is 34.2 Å². The molecule has 1 aromatic heterocycles. The molecule has 4 nitrogen and oxygen atoms in total. The Bertz CT molecular complexity index is 1030. The maximum atomic E-state index is 13.3. The Morgan fingerprint density at radius 3 is 2.63 bits per heavy atom. The van der Waals surface area contributed by atoms with Gasteiger partial charge in [-0.15, -0.1) is 0 Å². The molecule has 140 valence electrons. The second kappa shape index (κ2) is 6.18. The van der Waals surface area contributed by atoms with Crippen LogP contribution in [0.3, 0.4) is 0 Å². The lowest BCUT2D eigenvalue weighted by Gasteiger charge is -2.14. The average molecular weight is 374 g/mol. The van der Waals surface area contributed by atoms with E-state index in [9.17, 15) is 22.8 Å². The summed E-state index contributed by atoms with van der Waals surface area (Å²) >= 11 is 0. The molecule has 7 heteroatoms. The lowest BCUT2D eigenvalue weighted by atomic mass is 9.93. The lowest BCUT2D eigenvalue weighted by molar-refractivity contribution is -0.137. The van der Waals surface area contributed by atoms with Crippen LogP contribution in [0.2, 0.25) is 0 Å². The van der Waals surface area contributed by atoms with Crippen LogP contribution < -0.4 is 5.56 Å². The van der Waals surface area contributed by atoms with E-state index in [-0.39, 0.29) is 23.5 Å². The molecule has 27 heavy (non-hydrogen) atoms. The molecule has 2 aromatic rings. The monoisotopic (exact) mass is 374 g/mol. The third-order valence-corrected chi connectivity index (χ3v) is 5.04. The number of aliphatic imine (C=N–C) groups is 1. The number of benzene rings is 1. The maximum absolute atomic E-state index is 13.3. The molecule has 1 fully saturated rings. The third-order valence-electron chi connectivity index (χ3n) is 5.04. The van der Waals surface area contributed by atoms with Crippen molar-refractivity contribution in [3.63, 3.8) is 0 Å². The van der Waals surface area contributed by atoms with Crippen LogP contribution in [-0.4, -0.2) is 16.6 Å². The van der Waals surface area contributed by atoms with Gasteiger partial charge in [0.15, 0.2) is 5.78 Å². The fraction of sp³-hybridized carbons (Fsp3) is 0.350. The molecule has 1 saturated carbocycles. The van der Waals surface area contributed by atoms with Gasteiger partial charge < -0.3 is 4.57 Å². The number of hydrogen-bond acceptors (Lipinski definition) is 3. The van der Waals surface area contributed by atoms with E-state index in [4.69, 9.17) is 0 Å². The van der Waals surface area contributed by atoms with E-state index >= 15 is 0 Å². The van der Waals surface area contributed by atoms with Crippen LogP contribution >= 0.6 is 0 Å². The molecule has 1 aliphatic heterocycles. The highest BCUT2D eigenvalue weighted by atomic mass is 19.4. The molecule has 2 aliphatic rings. The summed E-state index contributed by atoms with van der Waals surface area (Å²) in [6.07, 6.45) is 0.849. The van der Waals surface area contributed by atoms with Crippen LogP contribution in [0.25, 0.3) is 11.1 Å². The summed E-state index contributed by atoms with van der Waals surface area (Å²) in [5, 5.41) is 0. The van der Waals surface area contributed by atoms with Crippen LogP contribution in [0, 0.1) is 5.92 Å². The standard InChI is InChI=1S/C20H17F3N2O2/c1-25-10-13(18(26)4-11-2-3-11)6-16(19(25)27)15-7-14(20(21,22)23)5-12-8-24-9-17(12)15/h5-7,9-11H,2-4,8H2,1H3. The number of aromatic nitrogens is 1. The van der Waals surface area contributed by atoms with Gasteiger partial charge in [0.1, 0.15) is 0 Å². The van der Waals surface area contributed by atoms with Crippen molar-refractivity contribution in [3.05, 3.63) is 57.0 Å². The molecule has 0 saturated heterocycles. The fourth-order valence-electron chi connectivity index (χ4n) is 3.38. The molecule has 0 unspecified atom stereocenters. The predicted octanol–water partition coefficient (Wildman–Crippen LogP) is 3.99. The Morgan fingerprint density at radius 2 is 1.96 bits per heavy atom. The van der Waals surface area contributed by atoms with E-state index in [1.54, 1.807) is 0 Å². The van der Waals surface area contributed by atoms with Crippen molar-refractivity contribution >= 4 is 12.0 Å². The van der Waals surface area contributed by atoms with Gasteiger partial charge in [-0.2, -0.15) is 13.2 Å². The molecular formula is C20H17F3N2O2. The molecule has 0 amide bonds. The van der Waals surface area contributed by atoms with Crippen molar-refractivity contribution in [1.29, 1.82) is 0 Å². The summed E-state index contributed by atoms with van der Waals surface area (Å²) in [5.41, 5.74) is 0.277. The number of pyridine rings is 1. The third kappa shape index (κ3) is 3.34. The Hall–Kier alpha value is -2.70. The van der Waals surface area contributed by atoms with Crippen LogP contribution in [0.4, 0.5) is 13.2 Å². The fourth-order valence-corrected chi connectivity index (χ4v) is 3.38. The Labute approximate surface area is 153 Å². The summed E-state index contributed by atoms with van der Waals surface area (Å²) in [4.78, 5) is 29.2. The first kappa shape index (κ1) is 17.7. The number of halogens is 3. The van der Waals surface area contributed by atoms with E-state index in [2.05, 4.69) is 4.99 Å². The van der Waals surface area contributed by atoms with Crippen molar-refractivity contribution in [1.82, 2.24) is 4.57 Å².